The van der Waals surface area contributed by atoms with Gasteiger partial charge in [-0.25, -0.2) is 8.78 Å². The lowest BCUT2D eigenvalue weighted by atomic mass is 9.66. The second-order valence-electron chi connectivity index (χ2n) is 7.24. The summed E-state index contributed by atoms with van der Waals surface area (Å²) in [5.74, 6) is -0.636. The van der Waals surface area contributed by atoms with Gasteiger partial charge in [-0.2, -0.15) is 0 Å². The van der Waals surface area contributed by atoms with Crippen molar-refractivity contribution < 1.29 is 8.78 Å². The van der Waals surface area contributed by atoms with Crippen molar-refractivity contribution in [2.75, 3.05) is 0 Å². The molecule has 3 heteroatoms. The minimum Gasteiger partial charge on any atom is -0.327 e. The average molecular weight is 281 g/mol. The molecular formula is C17H25F2N. The third-order valence-electron chi connectivity index (χ3n) is 4.82. The highest BCUT2D eigenvalue weighted by Gasteiger charge is 2.37. The quantitative estimate of drug-likeness (QED) is 0.804. The molecular weight excluding hydrogens is 256 g/mol. The molecule has 1 fully saturated rings. The van der Waals surface area contributed by atoms with Crippen LogP contribution in [0.4, 0.5) is 8.78 Å². The summed E-state index contributed by atoms with van der Waals surface area (Å²) in [6.45, 7) is 8.24. The molecule has 0 aromatic heterocycles. The number of hydrogen-bond donors (Lipinski definition) is 1. The lowest BCUT2D eigenvalue weighted by molar-refractivity contribution is 0.151. The number of nitrogens with two attached hydrogens (primary N) is 1. The zero-order valence-electron chi connectivity index (χ0n) is 12.8. The number of halogens is 2. The summed E-state index contributed by atoms with van der Waals surface area (Å²) in [6.07, 6.45) is 2.64. The summed E-state index contributed by atoms with van der Waals surface area (Å²) in [6, 6.07) is 2.70. The van der Waals surface area contributed by atoms with Gasteiger partial charge in [0.2, 0.25) is 0 Å². The van der Waals surface area contributed by atoms with Gasteiger partial charge in [0.1, 0.15) is 11.6 Å². The van der Waals surface area contributed by atoms with Crippen LogP contribution < -0.4 is 5.73 Å². The van der Waals surface area contributed by atoms with E-state index in [0.29, 0.717) is 11.5 Å². The summed E-state index contributed by atoms with van der Waals surface area (Å²) in [7, 11) is 0. The van der Waals surface area contributed by atoms with Crippen molar-refractivity contribution >= 4 is 0 Å². The molecule has 0 aliphatic heterocycles. The van der Waals surface area contributed by atoms with Crippen LogP contribution in [0.1, 0.15) is 57.1 Å². The van der Waals surface area contributed by atoms with Crippen LogP contribution in [0, 0.1) is 29.9 Å². The van der Waals surface area contributed by atoms with Crippen LogP contribution >= 0.6 is 0 Å². The maximum absolute atomic E-state index is 14.3. The number of hydrogen-bond acceptors (Lipinski definition) is 1. The predicted molar refractivity (Wildman–Crippen MR) is 78.6 cm³/mol. The highest BCUT2D eigenvalue weighted by molar-refractivity contribution is 5.31. The maximum Gasteiger partial charge on any atom is 0.132 e. The minimum absolute atomic E-state index is 0.148. The lowest BCUT2D eigenvalue weighted by Crippen LogP contribution is -2.39. The fourth-order valence-corrected chi connectivity index (χ4v) is 3.33. The molecule has 0 heterocycles. The Hall–Kier alpha value is -0.960. The molecule has 0 radical (unpaired) electrons. The summed E-state index contributed by atoms with van der Waals surface area (Å²) >= 11 is 0. The van der Waals surface area contributed by atoms with Crippen molar-refractivity contribution in [1.82, 2.24) is 0 Å². The fourth-order valence-electron chi connectivity index (χ4n) is 3.33. The molecule has 0 saturated heterocycles. The Morgan fingerprint density at radius 2 is 1.80 bits per heavy atom. The highest BCUT2D eigenvalue weighted by atomic mass is 19.1. The summed E-state index contributed by atoms with van der Waals surface area (Å²) in [5, 5.41) is 0. The van der Waals surface area contributed by atoms with E-state index in [9.17, 15) is 8.78 Å². The molecule has 1 nitrogen and oxygen atoms in total. The van der Waals surface area contributed by atoms with Crippen LogP contribution in [0.15, 0.2) is 12.1 Å². The van der Waals surface area contributed by atoms with Gasteiger partial charge in [0.05, 0.1) is 0 Å². The van der Waals surface area contributed by atoms with Crippen LogP contribution in [0.5, 0.6) is 0 Å². The first-order chi connectivity index (χ1) is 9.21. The van der Waals surface area contributed by atoms with Gasteiger partial charge in [0.25, 0.3) is 0 Å². The molecule has 0 amide bonds. The summed E-state index contributed by atoms with van der Waals surface area (Å²) in [5.41, 5.74) is 7.01. The Labute approximate surface area is 120 Å². The number of benzene rings is 1. The molecule has 0 spiro atoms. The van der Waals surface area contributed by atoms with Crippen LogP contribution in [-0.2, 0) is 0 Å². The Bertz CT molecular complexity index is 490. The molecule has 2 N–H and O–H groups in total. The highest BCUT2D eigenvalue weighted by Crippen LogP contribution is 2.44. The molecule has 0 bridgehead atoms. The smallest absolute Gasteiger partial charge is 0.132 e. The van der Waals surface area contributed by atoms with E-state index in [-0.39, 0.29) is 22.9 Å². The first-order valence-electron chi connectivity index (χ1n) is 7.42. The van der Waals surface area contributed by atoms with Crippen molar-refractivity contribution in [2.45, 2.75) is 58.9 Å². The Morgan fingerprint density at radius 1 is 1.15 bits per heavy atom. The molecule has 1 aromatic rings. The molecule has 1 aliphatic rings. The van der Waals surface area contributed by atoms with E-state index in [1.54, 1.807) is 6.92 Å². The van der Waals surface area contributed by atoms with E-state index in [1.165, 1.54) is 12.1 Å². The fraction of sp³-hybridized carbons (Fsp3) is 0.647. The van der Waals surface area contributed by atoms with Crippen molar-refractivity contribution in [2.24, 2.45) is 17.1 Å². The molecule has 20 heavy (non-hydrogen) atoms. The first kappa shape index (κ1) is 15.4. The van der Waals surface area contributed by atoms with E-state index < -0.39 is 11.6 Å². The second-order valence-corrected chi connectivity index (χ2v) is 7.24. The first-order valence-corrected chi connectivity index (χ1v) is 7.42. The van der Waals surface area contributed by atoms with Crippen LogP contribution in [0.2, 0.25) is 0 Å². The van der Waals surface area contributed by atoms with Crippen LogP contribution in [-0.4, -0.2) is 6.04 Å². The topological polar surface area (TPSA) is 26.0 Å². The van der Waals surface area contributed by atoms with E-state index in [1.807, 2.05) is 0 Å². The molecule has 112 valence electrons. The second kappa shape index (κ2) is 5.44. The maximum atomic E-state index is 14.3. The summed E-state index contributed by atoms with van der Waals surface area (Å²) in [4.78, 5) is 0. The molecule has 1 saturated carbocycles. The Kier molecular flexibility index (Phi) is 4.19. The van der Waals surface area contributed by atoms with E-state index >= 15 is 0 Å². The van der Waals surface area contributed by atoms with Gasteiger partial charge in [0, 0.05) is 17.5 Å². The van der Waals surface area contributed by atoms with Gasteiger partial charge in [-0.05, 0) is 49.1 Å². The van der Waals surface area contributed by atoms with Crippen molar-refractivity contribution in [3.05, 3.63) is 34.9 Å². The summed E-state index contributed by atoms with van der Waals surface area (Å²) < 4.78 is 28.5. The van der Waals surface area contributed by atoms with Crippen molar-refractivity contribution in [3.63, 3.8) is 0 Å². The van der Waals surface area contributed by atoms with Gasteiger partial charge < -0.3 is 5.73 Å². The Morgan fingerprint density at radius 3 is 2.40 bits per heavy atom. The van der Waals surface area contributed by atoms with E-state index in [0.717, 1.165) is 19.3 Å². The average Bonchev–Trinajstić information content (AvgIpc) is 2.35. The molecule has 3 unspecified atom stereocenters. The van der Waals surface area contributed by atoms with Gasteiger partial charge in [-0.1, -0.05) is 26.8 Å². The molecule has 2 rings (SSSR count). The Balaban J connectivity index is 2.38. The van der Waals surface area contributed by atoms with Gasteiger partial charge in [-0.15, -0.1) is 0 Å². The van der Waals surface area contributed by atoms with Gasteiger partial charge in [-0.3, -0.25) is 0 Å². The van der Waals surface area contributed by atoms with Crippen LogP contribution in [0.3, 0.4) is 0 Å². The largest absolute Gasteiger partial charge is 0.327 e. The standard InChI is InChI=1S/C17H25F2N/c1-10-5-7-13(18)15(16(10)19)12-9-11(17(2,3)4)6-8-14(12)20/h5,7,11-12,14H,6,8-9,20H2,1-4H3. The SMILES string of the molecule is Cc1ccc(F)c(C2CC(C(C)(C)C)CCC2N)c1F. The van der Waals surface area contributed by atoms with Crippen LogP contribution in [0.25, 0.3) is 0 Å². The van der Waals surface area contributed by atoms with Crippen molar-refractivity contribution in [1.29, 1.82) is 0 Å². The number of aryl methyl sites for hydroxylation is 1. The minimum atomic E-state index is -0.455. The number of rotatable bonds is 1. The van der Waals surface area contributed by atoms with E-state index in [4.69, 9.17) is 5.73 Å². The predicted octanol–water partition coefficient (Wildman–Crippen LogP) is 4.53. The third kappa shape index (κ3) is 2.88. The lowest BCUT2D eigenvalue weighted by Gasteiger charge is -2.41. The van der Waals surface area contributed by atoms with Crippen molar-refractivity contribution in [3.8, 4) is 0 Å². The van der Waals surface area contributed by atoms with E-state index in [2.05, 4.69) is 20.8 Å². The molecule has 1 aromatic carbocycles. The van der Waals surface area contributed by atoms with Gasteiger partial charge >= 0.3 is 0 Å². The normalized spacial score (nSPS) is 27.6. The zero-order valence-corrected chi connectivity index (χ0v) is 12.8. The zero-order chi connectivity index (χ0) is 15.1. The third-order valence-corrected chi connectivity index (χ3v) is 4.82. The molecule has 1 aliphatic carbocycles. The monoisotopic (exact) mass is 281 g/mol. The molecule has 3 atom stereocenters. The van der Waals surface area contributed by atoms with Gasteiger partial charge in [0.15, 0.2) is 0 Å².